The number of hydrogen-bond acceptors (Lipinski definition) is 5. The van der Waals surface area contributed by atoms with Crippen molar-refractivity contribution in [1.29, 1.82) is 0 Å². The maximum atomic E-state index is 5.19. The number of fused-ring (bicyclic) bond motifs is 1. The van der Waals surface area contributed by atoms with Crippen LogP contribution >= 0.6 is 0 Å². The molecule has 96 valence electrons. The summed E-state index contributed by atoms with van der Waals surface area (Å²) >= 11 is 0. The summed E-state index contributed by atoms with van der Waals surface area (Å²) in [6, 6.07) is 7.65. The average molecular weight is 255 g/mol. The molecular formula is C13H13N5O. The van der Waals surface area contributed by atoms with Gasteiger partial charge in [-0.25, -0.2) is 15.0 Å². The normalized spacial score (nSPS) is 10.6. The minimum atomic E-state index is 0.651. The number of methoxy groups -OCH3 is 1. The van der Waals surface area contributed by atoms with Crippen LogP contribution in [0.25, 0.3) is 11.2 Å². The predicted molar refractivity (Wildman–Crippen MR) is 72.7 cm³/mol. The Morgan fingerprint density at radius 2 is 2.16 bits per heavy atom. The molecule has 0 aliphatic carbocycles. The van der Waals surface area contributed by atoms with Crippen molar-refractivity contribution in [3.05, 3.63) is 36.4 Å². The van der Waals surface area contributed by atoms with Gasteiger partial charge in [-0.3, -0.25) is 0 Å². The third-order valence-electron chi connectivity index (χ3n) is 2.74. The van der Waals surface area contributed by atoms with E-state index in [0.29, 0.717) is 11.5 Å². The molecule has 0 fully saturated rings. The molecule has 0 bridgehead atoms. The van der Waals surface area contributed by atoms with Gasteiger partial charge in [0.05, 0.1) is 7.11 Å². The largest absolute Gasteiger partial charge is 0.497 e. The second-order valence-electron chi connectivity index (χ2n) is 4.10. The Morgan fingerprint density at radius 3 is 3.00 bits per heavy atom. The lowest BCUT2D eigenvalue weighted by atomic mass is 10.3. The maximum Gasteiger partial charge on any atom is 0.183 e. The Labute approximate surface area is 109 Å². The molecule has 0 spiro atoms. The second kappa shape index (κ2) is 4.56. The van der Waals surface area contributed by atoms with Gasteiger partial charge in [-0.05, 0) is 19.1 Å². The van der Waals surface area contributed by atoms with Gasteiger partial charge < -0.3 is 15.0 Å². The summed E-state index contributed by atoms with van der Waals surface area (Å²) in [5, 5.41) is 3.23. The predicted octanol–water partition coefficient (Wildman–Crippen LogP) is 2.41. The Hall–Kier alpha value is -2.63. The molecule has 3 rings (SSSR count). The van der Waals surface area contributed by atoms with E-state index in [1.165, 1.54) is 6.33 Å². The van der Waals surface area contributed by atoms with E-state index in [9.17, 15) is 0 Å². The number of ether oxygens (including phenoxy) is 1. The first kappa shape index (κ1) is 11.5. The Bertz CT molecular complexity index is 722. The van der Waals surface area contributed by atoms with Crippen molar-refractivity contribution >= 4 is 22.7 Å². The standard InChI is InChI=1S/C13H13N5O/c1-8-16-11-12(17-8)14-7-15-13(11)18-9-4-3-5-10(6-9)19-2/h3-7H,1-2H3,(H2,14,15,16,17,18). The third-order valence-corrected chi connectivity index (χ3v) is 2.74. The highest BCUT2D eigenvalue weighted by Gasteiger charge is 2.08. The van der Waals surface area contributed by atoms with E-state index in [1.54, 1.807) is 7.11 Å². The van der Waals surface area contributed by atoms with E-state index < -0.39 is 0 Å². The molecule has 1 aromatic carbocycles. The van der Waals surface area contributed by atoms with Gasteiger partial charge in [-0.2, -0.15) is 0 Å². The highest BCUT2D eigenvalue weighted by atomic mass is 16.5. The summed E-state index contributed by atoms with van der Waals surface area (Å²) in [7, 11) is 1.64. The van der Waals surface area contributed by atoms with Crippen molar-refractivity contribution in [2.75, 3.05) is 12.4 Å². The van der Waals surface area contributed by atoms with Gasteiger partial charge in [0.2, 0.25) is 0 Å². The smallest absolute Gasteiger partial charge is 0.183 e. The molecule has 0 radical (unpaired) electrons. The number of aromatic nitrogens is 4. The molecule has 6 nitrogen and oxygen atoms in total. The third kappa shape index (κ3) is 2.20. The zero-order chi connectivity index (χ0) is 13.2. The monoisotopic (exact) mass is 255 g/mol. The number of nitrogens with zero attached hydrogens (tertiary/aromatic N) is 3. The number of rotatable bonds is 3. The van der Waals surface area contributed by atoms with Gasteiger partial charge in [-0.1, -0.05) is 6.07 Å². The van der Waals surface area contributed by atoms with Crippen molar-refractivity contribution < 1.29 is 4.74 Å². The van der Waals surface area contributed by atoms with Gasteiger partial charge in [0.15, 0.2) is 11.5 Å². The quantitative estimate of drug-likeness (QED) is 0.751. The fraction of sp³-hybridized carbons (Fsp3) is 0.154. The zero-order valence-corrected chi connectivity index (χ0v) is 10.6. The van der Waals surface area contributed by atoms with Gasteiger partial charge in [-0.15, -0.1) is 0 Å². The first-order chi connectivity index (χ1) is 9.26. The number of benzene rings is 1. The topological polar surface area (TPSA) is 75.7 Å². The van der Waals surface area contributed by atoms with E-state index >= 15 is 0 Å². The van der Waals surface area contributed by atoms with Crippen LogP contribution in [0.15, 0.2) is 30.6 Å². The first-order valence-electron chi connectivity index (χ1n) is 5.84. The van der Waals surface area contributed by atoms with Crippen LogP contribution in [-0.4, -0.2) is 27.0 Å². The van der Waals surface area contributed by atoms with E-state index in [1.807, 2.05) is 31.2 Å². The summed E-state index contributed by atoms with van der Waals surface area (Å²) < 4.78 is 5.19. The number of aryl methyl sites for hydroxylation is 1. The minimum Gasteiger partial charge on any atom is -0.497 e. The lowest BCUT2D eigenvalue weighted by molar-refractivity contribution is 0.415. The molecule has 2 N–H and O–H groups in total. The molecule has 6 heteroatoms. The van der Waals surface area contributed by atoms with Crippen LogP contribution in [0.2, 0.25) is 0 Å². The number of anilines is 2. The number of nitrogens with one attached hydrogen (secondary N) is 2. The Kier molecular flexibility index (Phi) is 2.75. The molecule has 0 atom stereocenters. The molecule has 0 aliphatic heterocycles. The number of hydrogen-bond donors (Lipinski definition) is 2. The van der Waals surface area contributed by atoms with Gasteiger partial charge >= 0.3 is 0 Å². The van der Waals surface area contributed by atoms with Crippen molar-refractivity contribution in [2.24, 2.45) is 0 Å². The summed E-state index contributed by atoms with van der Waals surface area (Å²) in [4.78, 5) is 15.8. The lowest BCUT2D eigenvalue weighted by Gasteiger charge is -2.07. The molecule has 0 amide bonds. The molecule has 0 saturated carbocycles. The van der Waals surface area contributed by atoms with Crippen LogP contribution in [0.5, 0.6) is 5.75 Å². The van der Waals surface area contributed by atoms with E-state index in [4.69, 9.17) is 4.74 Å². The highest BCUT2D eigenvalue weighted by Crippen LogP contribution is 2.23. The first-order valence-corrected chi connectivity index (χ1v) is 5.84. The fourth-order valence-electron chi connectivity index (χ4n) is 1.88. The van der Waals surface area contributed by atoms with Crippen molar-refractivity contribution in [3.63, 3.8) is 0 Å². The molecule has 0 unspecified atom stereocenters. The molecule has 0 saturated heterocycles. The van der Waals surface area contributed by atoms with E-state index in [-0.39, 0.29) is 0 Å². The van der Waals surface area contributed by atoms with Gasteiger partial charge in [0.1, 0.15) is 23.4 Å². The molecule has 19 heavy (non-hydrogen) atoms. The SMILES string of the molecule is COc1cccc(Nc2ncnc3nc(C)[nH]c23)c1. The van der Waals surface area contributed by atoms with Gasteiger partial charge in [0.25, 0.3) is 0 Å². The van der Waals surface area contributed by atoms with Crippen LogP contribution in [0.1, 0.15) is 5.82 Å². The molecule has 3 aromatic rings. The molecule has 2 heterocycles. The van der Waals surface area contributed by atoms with Crippen LogP contribution in [0.4, 0.5) is 11.5 Å². The van der Waals surface area contributed by atoms with Crippen LogP contribution in [0.3, 0.4) is 0 Å². The van der Waals surface area contributed by atoms with Crippen LogP contribution < -0.4 is 10.1 Å². The maximum absolute atomic E-state index is 5.19. The highest BCUT2D eigenvalue weighted by molar-refractivity contribution is 5.85. The molecule has 2 aromatic heterocycles. The number of imidazole rings is 1. The van der Waals surface area contributed by atoms with Crippen molar-refractivity contribution in [3.8, 4) is 5.75 Å². The average Bonchev–Trinajstić information content (AvgIpc) is 2.80. The lowest BCUT2D eigenvalue weighted by Crippen LogP contribution is -1.96. The number of H-pyrrole nitrogens is 1. The second-order valence-corrected chi connectivity index (χ2v) is 4.10. The van der Waals surface area contributed by atoms with Crippen LogP contribution in [-0.2, 0) is 0 Å². The van der Waals surface area contributed by atoms with Crippen molar-refractivity contribution in [1.82, 2.24) is 19.9 Å². The van der Waals surface area contributed by atoms with Crippen molar-refractivity contribution in [2.45, 2.75) is 6.92 Å². The minimum absolute atomic E-state index is 0.651. The molecular weight excluding hydrogens is 242 g/mol. The number of aromatic amines is 1. The van der Waals surface area contributed by atoms with Gasteiger partial charge in [0, 0.05) is 11.8 Å². The summed E-state index contributed by atoms with van der Waals surface area (Å²) in [5.74, 6) is 2.29. The molecule has 0 aliphatic rings. The fourth-order valence-corrected chi connectivity index (χ4v) is 1.88. The summed E-state index contributed by atoms with van der Waals surface area (Å²) in [6.07, 6.45) is 1.49. The Balaban J connectivity index is 2.00. The summed E-state index contributed by atoms with van der Waals surface area (Å²) in [5.41, 5.74) is 2.34. The Morgan fingerprint density at radius 1 is 1.26 bits per heavy atom. The zero-order valence-electron chi connectivity index (χ0n) is 10.6. The van der Waals surface area contributed by atoms with E-state index in [0.717, 1.165) is 22.8 Å². The summed E-state index contributed by atoms with van der Waals surface area (Å²) in [6.45, 7) is 1.89. The van der Waals surface area contributed by atoms with E-state index in [2.05, 4.69) is 25.3 Å². The van der Waals surface area contributed by atoms with Crippen LogP contribution in [0, 0.1) is 6.92 Å².